The molecule has 4 nitrogen and oxygen atoms in total. The minimum atomic E-state index is 0.216. The van der Waals surface area contributed by atoms with Gasteiger partial charge in [-0.2, -0.15) is 5.26 Å². The van der Waals surface area contributed by atoms with Crippen LogP contribution in [0.25, 0.3) is 16.9 Å². The number of phenols is 1. The van der Waals surface area contributed by atoms with E-state index >= 15 is 0 Å². The molecule has 0 atom stereocenters. The Kier molecular flexibility index (Phi) is 3.11. The highest BCUT2D eigenvalue weighted by Crippen LogP contribution is 2.32. The van der Waals surface area contributed by atoms with Gasteiger partial charge in [0, 0.05) is 11.8 Å². The molecule has 104 valence electrons. The molecular formula is C17H15N3O. The van der Waals surface area contributed by atoms with E-state index in [-0.39, 0.29) is 11.7 Å². The molecule has 0 bridgehead atoms. The standard InChI is InChI=1S/C17H15N3O/c1-11(2)15-16(12-5-3-7-14(21)9-12)20-8-4-6-13(10-18)17(20)19-15/h3-9,11,21H,1-2H3. The van der Waals surface area contributed by atoms with Crippen LogP contribution in [0.5, 0.6) is 5.75 Å². The van der Waals surface area contributed by atoms with Gasteiger partial charge < -0.3 is 5.11 Å². The second kappa shape index (κ2) is 4.95. The number of phenolic OH excluding ortho intramolecular Hbond substituents is 1. The lowest BCUT2D eigenvalue weighted by Gasteiger charge is -2.08. The lowest BCUT2D eigenvalue weighted by molar-refractivity contribution is 0.475. The highest BCUT2D eigenvalue weighted by Gasteiger charge is 2.18. The molecule has 0 unspecified atom stereocenters. The Hall–Kier alpha value is -2.80. The van der Waals surface area contributed by atoms with Crippen molar-refractivity contribution in [3.63, 3.8) is 0 Å². The van der Waals surface area contributed by atoms with Crippen LogP contribution < -0.4 is 0 Å². The molecule has 0 saturated carbocycles. The number of rotatable bonds is 2. The lowest BCUT2D eigenvalue weighted by Crippen LogP contribution is -1.94. The molecule has 1 N–H and O–H groups in total. The largest absolute Gasteiger partial charge is 0.508 e. The van der Waals surface area contributed by atoms with E-state index in [4.69, 9.17) is 0 Å². The summed E-state index contributed by atoms with van der Waals surface area (Å²) in [6.45, 7) is 4.14. The third-order valence-electron chi connectivity index (χ3n) is 3.46. The predicted molar refractivity (Wildman–Crippen MR) is 81.1 cm³/mol. The van der Waals surface area contributed by atoms with Crippen molar-refractivity contribution in [2.75, 3.05) is 0 Å². The number of hydrogen-bond donors (Lipinski definition) is 1. The van der Waals surface area contributed by atoms with E-state index < -0.39 is 0 Å². The quantitative estimate of drug-likeness (QED) is 0.776. The maximum atomic E-state index is 9.73. The van der Waals surface area contributed by atoms with Gasteiger partial charge in [-0.1, -0.05) is 26.0 Å². The van der Waals surface area contributed by atoms with Gasteiger partial charge in [0.2, 0.25) is 0 Å². The molecule has 0 aliphatic heterocycles. The summed E-state index contributed by atoms with van der Waals surface area (Å²) in [6, 6.07) is 12.9. The fraction of sp³-hybridized carbons (Fsp3) is 0.176. The third-order valence-corrected chi connectivity index (χ3v) is 3.46. The highest BCUT2D eigenvalue weighted by atomic mass is 16.3. The molecule has 0 saturated heterocycles. The number of pyridine rings is 1. The van der Waals surface area contributed by atoms with Crippen molar-refractivity contribution in [2.24, 2.45) is 0 Å². The van der Waals surface area contributed by atoms with E-state index in [0.29, 0.717) is 11.2 Å². The second-order valence-electron chi connectivity index (χ2n) is 5.28. The maximum Gasteiger partial charge on any atom is 0.155 e. The molecule has 0 aliphatic rings. The second-order valence-corrected chi connectivity index (χ2v) is 5.28. The summed E-state index contributed by atoms with van der Waals surface area (Å²) in [5.41, 5.74) is 3.94. The summed E-state index contributed by atoms with van der Waals surface area (Å²) >= 11 is 0. The molecule has 0 spiro atoms. The Morgan fingerprint density at radius 3 is 2.71 bits per heavy atom. The van der Waals surface area contributed by atoms with Gasteiger partial charge >= 0.3 is 0 Å². The van der Waals surface area contributed by atoms with E-state index in [1.54, 1.807) is 18.2 Å². The summed E-state index contributed by atoms with van der Waals surface area (Å²) < 4.78 is 1.92. The monoisotopic (exact) mass is 277 g/mol. The molecule has 0 aliphatic carbocycles. The van der Waals surface area contributed by atoms with Crippen molar-refractivity contribution in [1.82, 2.24) is 9.38 Å². The highest BCUT2D eigenvalue weighted by molar-refractivity contribution is 5.71. The van der Waals surface area contributed by atoms with E-state index in [2.05, 4.69) is 24.9 Å². The smallest absolute Gasteiger partial charge is 0.155 e. The molecule has 3 rings (SSSR count). The fourth-order valence-corrected chi connectivity index (χ4v) is 2.52. The SMILES string of the molecule is CC(C)c1nc2c(C#N)cccn2c1-c1cccc(O)c1. The Balaban J connectivity index is 2.40. The van der Waals surface area contributed by atoms with Gasteiger partial charge in [0.25, 0.3) is 0 Å². The number of benzene rings is 1. The Morgan fingerprint density at radius 1 is 1.24 bits per heavy atom. The Labute approximate surface area is 122 Å². The zero-order chi connectivity index (χ0) is 15.0. The molecule has 21 heavy (non-hydrogen) atoms. The van der Waals surface area contributed by atoms with Gasteiger partial charge in [-0.3, -0.25) is 4.40 Å². The fourth-order valence-electron chi connectivity index (χ4n) is 2.52. The van der Waals surface area contributed by atoms with Gasteiger partial charge in [0.05, 0.1) is 17.0 Å². The van der Waals surface area contributed by atoms with Crippen LogP contribution in [0.4, 0.5) is 0 Å². The van der Waals surface area contributed by atoms with Crippen LogP contribution in [0.2, 0.25) is 0 Å². The van der Waals surface area contributed by atoms with E-state index in [1.807, 2.05) is 28.8 Å². The molecule has 0 radical (unpaired) electrons. The summed E-state index contributed by atoms with van der Waals surface area (Å²) in [4.78, 5) is 4.65. The predicted octanol–water partition coefficient (Wildman–Crippen LogP) is 3.70. The summed E-state index contributed by atoms with van der Waals surface area (Å²) in [6.07, 6.45) is 1.90. The summed E-state index contributed by atoms with van der Waals surface area (Å²) in [5.74, 6) is 0.433. The van der Waals surface area contributed by atoms with Crippen molar-refractivity contribution in [3.8, 4) is 23.1 Å². The molecule has 0 fully saturated rings. The molecule has 4 heteroatoms. The minimum absolute atomic E-state index is 0.216. The number of aromatic nitrogens is 2. The first-order chi connectivity index (χ1) is 10.1. The van der Waals surface area contributed by atoms with E-state index in [0.717, 1.165) is 17.0 Å². The summed E-state index contributed by atoms with van der Waals surface area (Å²) in [7, 11) is 0. The zero-order valence-electron chi connectivity index (χ0n) is 11.9. The summed E-state index contributed by atoms with van der Waals surface area (Å²) in [5, 5.41) is 19.0. The van der Waals surface area contributed by atoms with Crippen LogP contribution in [-0.2, 0) is 0 Å². The van der Waals surface area contributed by atoms with E-state index in [9.17, 15) is 10.4 Å². The average molecular weight is 277 g/mol. The van der Waals surface area contributed by atoms with Gasteiger partial charge in [-0.25, -0.2) is 4.98 Å². The molecule has 2 heterocycles. The molecule has 2 aromatic heterocycles. The first-order valence-corrected chi connectivity index (χ1v) is 6.82. The number of hydrogen-bond acceptors (Lipinski definition) is 3. The Bertz CT molecular complexity index is 856. The lowest BCUT2D eigenvalue weighted by atomic mass is 10.0. The number of nitriles is 1. The van der Waals surface area contributed by atoms with Crippen molar-refractivity contribution in [3.05, 3.63) is 53.9 Å². The number of fused-ring (bicyclic) bond motifs is 1. The van der Waals surface area contributed by atoms with Gasteiger partial charge in [0.15, 0.2) is 5.65 Å². The van der Waals surface area contributed by atoms with Crippen LogP contribution in [0.15, 0.2) is 42.6 Å². The Morgan fingerprint density at radius 2 is 2.05 bits per heavy atom. The molecule has 1 aromatic carbocycles. The van der Waals surface area contributed by atoms with Crippen LogP contribution in [0.3, 0.4) is 0 Å². The number of imidazole rings is 1. The van der Waals surface area contributed by atoms with Crippen molar-refractivity contribution in [1.29, 1.82) is 5.26 Å². The molecule has 0 amide bonds. The van der Waals surface area contributed by atoms with Gasteiger partial charge in [-0.15, -0.1) is 0 Å². The third kappa shape index (κ3) is 2.13. The van der Waals surface area contributed by atoms with Crippen molar-refractivity contribution < 1.29 is 5.11 Å². The van der Waals surface area contributed by atoms with Crippen molar-refractivity contribution in [2.45, 2.75) is 19.8 Å². The minimum Gasteiger partial charge on any atom is -0.508 e. The van der Waals surface area contributed by atoms with Crippen LogP contribution >= 0.6 is 0 Å². The van der Waals surface area contributed by atoms with Crippen LogP contribution in [-0.4, -0.2) is 14.5 Å². The molecular weight excluding hydrogens is 262 g/mol. The van der Waals surface area contributed by atoms with Crippen LogP contribution in [0.1, 0.15) is 31.0 Å². The van der Waals surface area contributed by atoms with Crippen molar-refractivity contribution >= 4 is 5.65 Å². The number of aromatic hydroxyl groups is 1. The normalized spacial score (nSPS) is 11.0. The van der Waals surface area contributed by atoms with Crippen LogP contribution in [0, 0.1) is 11.3 Å². The first kappa shape index (κ1) is 13.2. The number of nitrogens with zero attached hydrogens (tertiary/aromatic N) is 3. The van der Waals surface area contributed by atoms with Gasteiger partial charge in [-0.05, 0) is 30.2 Å². The first-order valence-electron chi connectivity index (χ1n) is 6.82. The van der Waals surface area contributed by atoms with Gasteiger partial charge in [0.1, 0.15) is 11.8 Å². The topological polar surface area (TPSA) is 61.3 Å². The zero-order valence-corrected chi connectivity index (χ0v) is 11.9. The molecule has 3 aromatic rings. The van der Waals surface area contributed by atoms with E-state index in [1.165, 1.54) is 0 Å². The maximum absolute atomic E-state index is 9.73. The average Bonchev–Trinajstić information content (AvgIpc) is 2.86.